The Hall–Kier alpha value is -6.06. The van der Waals surface area contributed by atoms with Gasteiger partial charge < -0.3 is 14.7 Å². The van der Waals surface area contributed by atoms with Crippen LogP contribution in [0.25, 0.3) is 33.4 Å². The molecule has 0 radical (unpaired) electrons. The Morgan fingerprint density at radius 3 is 0.732 bits per heavy atom. The average Bonchev–Trinajstić information content (AvgIpc) is 3.28. The van der Waals surface area contributed by atoms with Crippen LogP contribution in [-0.2, 0) is 19.6 Å². The molecule has 0 aromatic heterocycles. The maximum atomic E-state index is 2.43. The number of anilines is 3. The van der Waals surface area contributed by atoms with Gasteiger partial charge in [0.2, 0.25) is 0 Å². The minimum atomic E-state index is 0.893. The van der Waals surface area contributed by atoms with Gasteiger partial charge in [0.05, 0.1) is 0 Å². The predicted molar refractivity (Wildman–Crippen MR) is 244 cm³/mol. The van der Waals surface area contributed by atoms with Gasteiger partial charge in [0.1, 0.15) is 0 Å². The zero-order chi connectivity index (χ0) is 39.1. The van der Waals surface area contributed by atoms with Gasteiger partial charge in [0.15, 0.2) is 0 Å². The number of nitrogens with zero attached hydrogens (tertiary/aromatic N) is 3. The first-order chi connectivity index (χ1) is 27.6. The summed E-state index contributed by atoms with van der Waals surface area (Å²) in [5.74, 6) is 0. The molecule has 7 rings (SSSR count). The molecule has 3 nitrogen and oxygen atoms in total. The smallest absolute Gasteiger partial charge is 0.0429 e. The molecule has 7 aromatic rings. The average molecular weight is 736 g/mol. The zero-order valence-electron chi connectivity index (χ0n) is 33.9. The molecule has 0 bridgehead atoms. The van der Waals surface area contributed by atoms with E-state index in [-0.39, 0.29) is 0 Å². The molecule has 0 amide bonds. The van der Waals surface area contributed by atoms with E-state index in [4.69, 9.17) is 0 Å². The summed E-state index contributed by atoms with van der Waals surface area (Å²) in [5, 5.41) is 0. The highest BCUT2D eigenvalue weighted by atomic mass is 15.1. The maximum Gasteiger partial charge on any atom is 0.0429 e. The lowest BCUT2D eigenvalue weighted by atomic mass is 9.93. The van der Waals surface area contributed by atoms with Crippen molar-refractivity contribution < 1.29 is 0 Å². The molecule has 7 aromatic carbocycles. The summed E-state index contributed by atoms with van der Waals surface area (Å²) < 4.78 is 0. The molecule has 0 N–H and O–H groups in total. The summed E-state index contributed by atoms with van der Waals surface area (Å²) in [6, 6.07) is 66.6. The van der Waals surface area contributed by atoms with Crippen LogP contribution in [-0.4, -0.2) is 19.6 Å². The molecule has 0 heterocycles. The molecule has 0 unspecified atom stereocenters. The van der Waals surface area contributed by atoms with Crippen molar-refractivity contribution in [1.29, 1.82) is 0 Å². The molecule has 0 saturated carbocycles. The second kappa shape index (κ2) is 20.0. The molecular formula is C53H57N3. The summed E-state index contributed by atoms with van der Waals surface area (Å²) in [5.41, 5.74) is 15.0. The van der Waals surface area contributed by atoms with Gasteiger partial charge in [-0.1, -0.05) is 141 Å². The Bertz CT molecular complexity index is 1910. The molecule has 56 heavy (non-hydrogen) atoms. The van der Waals surface area contributed by atoms with Gasteiger partial charge in [0.25, 0.3) is 0 Å². The molecule has 0 aliphatic carbocycles. The van der Waals surface area contributed by atoms with Gasteiger partial charge >= 0.3 is 0 Å². The Labute approximate surface area is 336 Å². The lowest BCUT2D eigenvalue weighted by Crippen LogP contribution is -2.21. The summed E-state index contributed by atoms with van der Waals surface area (Å²) in [7, 11) is 0. The molecule has 0 atom stereocenters. The number of rotatable bonds is 15. The van der Waals surface area contributed by atoms with Crippen molar-refractivity contribution in [3.63, 3.8) is 0 Å². The highest BCUT2D eigenvalue weighted by Gasteiger charge is 2.13. The molecule has 0 fully saturated rings. The van der Waals surface area contributed by atoms with Crippen LogP contribution in [0.4, 0.5) is 17.1 Å². The monoisotopic (exact) mass is 735 g/mol. The summed E-state index contributed by atoms with van der Waals surface area (Å²) in [4.78, 5) is 7.29. The first-order valence-corrected chi connectivity index (χ1v) is 20.4. The summed E-state index contributed by atoms with van der Waals surface area (Å²) in [6.07, 6.45) is 0. The van der Waals surface area contributed by atoms with Crippen LogP contribution in [0.2, 0.25) is 0 Å². The van der Waals surface area contributed by atoms with E-state index in [0.29, 0.717) is 0 Å². The van der Waals surface area contributed by atoms with Gasteiger partial charge in [-0.05, 0) is 125 Å². The third-order valence-electron chi connectivity index (χ3n) is 10.4. The Morgan fingerprint density at radius 1 is 0.286 bits per heavy atom. The first kappa shape index (κ1) is 39.6. The van der Waals surface area contributed by atoms with E-state index in [0.717, 1.165) is 39.3 Å². The number of benzene rings is 7. The summed E-state index contributed by atoms with van der Waals surface area (Å²) in [6.45, 7) is 16.2. The number of hydrogen-bond acceptors (Lipinski definition) is 3. The standard InChI is InChI=1S/C51H51N3.C2H6/c1-4-52(37-40-16-10-7-11-17-40)49-28-22-43(23-29-49)46-34-47(44-24-30-50(31-25-44)53(5-2)38-41-18-12-8-13-19-41)36-48(35-46)45-26-32-51(33-27-45)54(6-3)39-42-20-14-9-15-21-42;1-2/h7-36H,4-6,37-39H2,1-3H3;1-2H3. The minimum absolute atomic E-state index is 0.893. The Balaban J connectivity index is 0.00000262. The molecule has 0 spiro atoms. The van der Waals surface area contributed by atoms with Gasteiger partial charge in [-0.25, -0.2) is 0 Å². The second-order valence-electron chi connectivity index (χ2n) is 13.9. The highest BCUT2D eigenvalue weighted by Crippen LogP contribution is 2.35. The maximum absolute atomic E-state index is 2.43. The SMILES string of the molecule is CC.CCN(Cc1ccccc1)c1ccc(-c2cc(-c3ccc(N(CC)Cc4ccccc4)cc3)cc(-c3ccc(N(CC)Cc4ccccc4)cc3)c2)cc1. The molecule has 0 saturated heterocycles. The lowest BCUT2D eigenvalue weighted by Gasteiger charge is -2.24. The van der Waals surface area contributed by atoms with E-state index in [1.165, 1.54) is 67.1 Å². The number of hydrogen-bond donors (Lipinski definition) is 0. The van der Waals surface area contributed by atoms with Gasteiger partial charge in [0, 0.05) is 56.3 Å². The second-order valence-corrected chi connectivity index (χ2v) is 13.9. The van der Waals surface area contributed by atoms with Crippen molar-refractivity contribution in [3.05, 3.63) is 199 Å². The largest absolute Gasteiger partial charge is 0.367 e. The minimum Gasteiger partial charge on any atom is -0.367 e. The lowest BCUT2D eigenvalue weighted by molar-refractivity contribution is 0.832. The molecule has 284 valence electrons. The first-order valence-electron chi connectivity index (χ1n) is 20.4. The quantitative estimate of drug-likeness (QED) is 0.104. The van der Waals surface area contributed by atoms with Crippen LogP contribution in [0, 0.1) is 0 Å². The Morgan fingerprint density at radius 2 is 0.518 bits per heavy atom. The van der Waals surface area contributed by atoms with Crippen LogP contribution >= 0.6 is 0 Å². The van der Waals surface area contributed by atoms with E-state index < -0.39 is 0 Å². The van der Waals surface area contributed by atoms with E-state index in [9.17, 15) is 0 Å². The van der Waals surface area contributed by atoms with E-state index in [1.807, 2.05) is 13.8 Å². The highest BCUT2D eigenvalue weighted by molar-refractivity contribution is 5.82. The van der Waals surface area contributed by atoms with Gasteiger partial charge in [-0.2, -0.15) is 0 Å². The summed E-state index contributed by atoms with van der Waals surface area (Å²) >= 11 is 0. The molecule has 0 aliphatic rings. The van der Waals surface area contributed by atoms with Crippen molar-refractivity contribution >= 4 is 17.1 Å². The predicted octanol–water partition coefficient (Wildman–Crippen LogP) is 13.8. The van der Waals surface area contributed by atoms with Crippen molar-refractivity contribution in [1.82, 2.24) is 0 Å². The van der Waals surface area contributed by atoms with Crippen LogP contribution in [0.5, 0.6) is 0 Å². The van der Waals surface area contributed by atoms with Crippen LogP contribution < -0.4 is 14.7 Å². The zero-order valence-corrected chi connectivity index (χ0v) is 33.9. The van der Waals surface area contributed by atoms with Crippen LogP contribution in [0.15, 0.2) is 182 Å². The van der Waals surface area contributed by atoms with Crippen molar-refractivity contribution in [2.75, 3.05) is 34.3 Å². The molecule has 0 aliphatic heterocycles. The van der Waals surface area contributed by atoms with Crippen molar-refractivity contribution in [2.45, 2.75) is 54.3 Å². The fraction of sp³-hybridized carbons (Fsp3) is 0.208. The van der Waals surface area contributed by atoms with Crippen LogP contribution in [0.1, 0.15) is 51.3 Å². The van der Waals surface area contributed by atoms with Crippen molar-refractivity contribution in [2.24, 2.45) is 0 Å². The van der Waals surface area contributed by atoms with Gasteiger partial charge in [-0.15, -0.1) is 0 Å². The van der Waals surface area contributed by atoms with E-state index in [1.54, 1.807) is 0 Å². The normalized spacial score (nSPS) is 10.7. The fourth-order valence-electron chi connectivity index (χ4n) is 7.29. The fourth-order valence-corrected chi connectivity index (χ4v) is 7.29. The third-order valence-corrected chi connectivity index (χ3v) is 10.4. The van der Waals surface area contributed by atoms with Gasteiger partial charge in [-0.3, -0.25) is 0 Å². The Kier molecular flexibility index (Phi) is 14.2. The van der Waals surface area contributed by atoms with E-state index >= 15 is 0 Å². The molecule has 3 heteroatoms. The van der Waals surface area contributed by atoms with Crippen LogP contribution in [0.3, 0.4) is 0 Å². The van der Waals surface area contributed by atoms with E-state index in [2.05, 4.69) is 217 Å². The third kappa shape index (κ3) is 10.2. The topological polar surface area (TPSA) is 9.72 Å². The van der Waals surface area contributed by atoms with Crippen molar-refractivity contribution in [3.8, 4) is 33.4 Å². The molecular weight excluding hydrogens is 679 g/mol.